The highest BCUT2D eigenvalue weighted by Gasteiger charge is 2.28. The third-order valence-electron chi connectivity index (χ3n) is 3.48. The second kappa shape index (κ2) is 5.77. The highest BCUT2D eigenvalue weighted by molar-refractivity contribution is 6.15. The first kappa shape index (κ1) is 13.9. The molecule has 22 heavy (non-hydrogen) atoms. The molecule has 0 spiro atoms. The highest BCUT2D eigenvalue weighted by atomic mass is 16.2. The van der Waals surface area contributed by atoms with Gasteiger partial charge in [0, 0.05) is 11.8 Å². The molecule has 0 fully saturated rings. The van der Waals surface area contributed by atoms with Crippen LogP contribution in [0.4, 0.5) is 0 Å². The number of benzene rings is 2. The third-order valence-corrected chi connectivity index (χ3v) is 3.48. The van der Waals surface area contributed by atoms with E-state index in [1.54, 1.807) is 0 Å². The average molecular weight is 294 g/mol. The van der Waals surface area contributed by atoms with Crippen LogP contribution in [0.1, 0.15) is 12.5 Å². The van der Waals surface area contributed by atoms with Crippen LogP contribution in [0.3, 0.4) is 0 Å². The van der Waals surface area contributed by atoms with Gasteiger partial charge in [-0.25, -0.2) is 10.9 Å². The predicted molar refractivity (Wildman–Crippen MR) is 84.4 cm³/mol. The number of carbonyl (C=O) groups is 2. The molecule has 110 valence electrons. The van der Waals surface area contributed by atoms with Crippen LogP contribution >= 0.6 is 0 Å². The molecule has 1 heterocycles. The zero-order valence-electron chi connectivity index (χ0n) is 11.9. The number of nitrogens with zero attached hydrogens (tertiary/aromatic N) is 2. The van der Waals surface area contributed by atoms with Gasteiger partial charge in [-0.3, -0.25) is 9.59 Å². The fraction of sp³-hybridized carbons (Fsp3) is 0.125. The number of hydrogen-bond acceptors (Lipinski definition) is 4. The van der Waals surface area contributed by atoms with Crippen molar-refractivity contribution in [1.29, 1.82) is 0 Å². The molecule has 0 saturated carbocycles. The Kier molecular flexibility index (Phi) is 3.65. The molecule has 6 heteroatoms. The number of nitrogens with one attached hydrogen (secondary N) is 2. The summed E-state index contributed by atoms with van der Waals surface area (Å²) in [6.07, 6.45) is 1.26. The first-order valence-corrected chi connectivity index (χ1v) is 6.82. The molecule has 2 aromatic rings. The Morgan fingerprint density at radius 3 is 2.77 bits per heavy atom. The maximum atomic E-state index is 11.9. The lowest BCUT2D eigenvalue weighted by Crippen LogP contribution is -2.34. The molecule has 2 N–H and O–H groups in total. The molecule has 2 aromatic carbocycles. The summed E-state index contributed by atoms with van der Waals surface area (Å²) in [6.45, 7) is 1.81. The van der Waals surface area contributed by atoms with Gasteiger partial charge in [-0.2, -0.15) is 10.2 Å². The minimum Gasteiger partial charge on any atom is -0.272 e. The standard InChI is InChI=1S/C16H14N4O2/c1-10(18-20-16(22)14-9-17-19-15(14)21)12-8-4-6-11-5-2-3-7-13(11)12/h2-9,14H,1H3,(H,19,21)(H,20,22)/b18-10+. The minimum absolute atomic E-state index is 0.449. The second-order valence-corrected chi connectivity index (χ2v) is 4.93. The molecule has 2 amide bonds. The van der Waals surface area contributed by atoms with Crippen molar-refractivity contribution in [3.8, 4) is 0 Å². The zero-order chi connectivity index (χ0) is 15.5. The lowest BCUT2D eigenvalue weighted by molar-refractivity contribution is -0.131. The second-order valence-electron chi connectivity index (χ2n) is 4.93. The van der Waals surface area contributed by atoms with Gasteiger partial charge in [0.1, 0.15) is 0 Å². The molecule has 0 aliphatic carbocycles. The SMILES string of the molecule is C/C(=N\NC(=O)C1C=NNC1=O)c1cccc2ccccc12. The van der Waals surface area contributed by atoms with Crippen LogP contribution in [0.15, 0.2) is 52.7 Å². The van der Waals surface area contributed by atoms with E-state index in [0.717, 1.165) is 16.3 Å². The first-order chi connectivity index (χ1) is 10.7. The maximum absolute atomic E-state index is 11.9. The molecule has 1 unspecified atom stereocenters. The van der Waals surface area contributed by atoms with Gasteiger partial charge in [0.05, 0.1) is 5.71 Å². The molecule has 1 atom stereocenters. The normalized spacial score (nSPS) is 17.6. The van der Waals surface area contributed by atoms with Crippen LogP contribution < -0.4 is 10.9 Å². The van der Waals surface area contributed by atoms with E-state index >= 15 is 0 Å². The van der Waals surface area contributed by atoms with Crippen molar-refractivity contribution in [2.24, 2.45) is 16.1 Å². The highest BCUT2D eigenvalue weighted by Crippen LogP contribution is 2.19. The quantitative estimate of drug-likeness (QED) is 0.510. The van der Waals surface area contributed by atoms with E-state index in [-0.39, 0.29) is 0 Å². The largest absolute Gasteiger partial charge is 0.272 e. The van der Waals surface area contributed by atoms with E-state index in [1.807, 2.05) is 49.4 Å². The molecule has 0 radical (unpaired) electrons. The van der Waals surface area contributed by atoms with E-state index in [9.17, 15) is 9.59 Å². The third kappa shape index (κ3) is 2.58. The summed E-state index contributed by atoms with van der Waals surface area (Å²) in [4.78, 5) is 23.2. The van der Waals surface area contributed by atoms with Crippen molar-refractivity contribution >= 4 is 34.5 Å². The summed E-state index contributed by atoms with van der Waals surface area (Å²) in [6, 6.07) is 13.8. The van der Waals surface area contributed by atoms with Crippen LogP contribution in [0.25, 0.3) is 10.8 Å². The fourth-order valence-corrected chi connectivity index (χ4v) is 2.31. The lowest BCUT2D eigenvalue weighted by atomic mass is 10.0. The molecular formula is C16H14N4O2. The van der Waals surface area contributed by atoms with Crippen LogP contribution in [0, 0.1) is 5.92 Å². The summed E-state index contributed by atoms with van der Waals surface area (Å²) in [5.41, 5.74) is 6.23. The van der Waals surface area contributed by atoms with E-state index in [4.69, 9.17) is 0 Å². The first-order valence-electron chi connectivity index (χ1n) is 6.82. The molecule has 1 aliphatic rings. The number of amides is 2. The summed E-state index contributed by atoms with van der Waals surface area (Å²) >= 11 is 0. The molecule has 0 aromatic heterocycles. The molecular weight excluding hydrogens is 280 g/mol. The van der Waals surface area contributed by atoms with Crippen molar-refractivity contribution in [2.45, 2.75) is 6.92 Å². The summed E-state index contributed by atoms with van der Waals surface area (Å²) < 4.78 is 0. The van der Waals surface area contributed by atoms with Crippen LogP contribution in [0.5, 0.6) is 0 Å². The Morgan fingerprint density at radius 2 is 2.00 bits per heavy atom. The van der Waals surface area contributed by atoms with Crippen molar-refractivity contribution in [3.05, 3.63) is 48.0 Å². The number of fused-ring (bicyclic) bond motifs is 1. The van der Waals surface area contributed by atoms with Crippen molar-refractivity contribution < 1.29 is 9.59 Å². The lowest BCUT2D eigenvalue weighted by Gasteiger charge is -2.07. The molecule has 6 nitrogen and oxygen atoms in total. The van der Waals surface area contributed by atoms with E-state index in [0.29, 0.717) is 5.71 Å². The van der Waals surface area contributed by atoms with Gasteiger partial charge in [-0.1, -0.05) is 42.5 Å². The molecule has 1 aliphatic heterocycles. The van der Waals surface area contributed by atoms with Crippen LogP contribution in [0.2, 0.25) is 0 Å². The van der Waals surface area contributed by atoms with E-state index < -0.39 is 17.7 Å². The van der Waals surface area contributed by atoms with Gasteiger partial charge in [-0.05, 0) is 17.7 Å². The summed E-state index contributed by atoms with van der Waals surface area (Å²) in [5, 5.41) is 9.81. The Bertz CT molecular complexity index is 805. The van der Waals surface area contributed by atoms with E-state index in [1.165, 1.54) is 6.21 Å². The van der Waals surface area contributed by atoms with Crippen molar-refractivity contribution in [1.82, 2.24) is 10.9 Å². The summed E-state index contributed by atoms with van der Waals surface area (Å²) in [5.74, 6) is -1.88. The van der Waals surface area contributed by atoms with Crippen molar-refractivity contribution in [2.75, 3.05) is 0 Å². The minimum atomic E-state index is -0.927. The average Bonchev–Trinajstić information content (AvgIpc) is 2.98. The van der Waals surface area contributed by atoms with Crippen LogP contribution in [-0.2, 0) is 9.59 Å². The van der Waals surface area contributed by atoms with Gasteiger partial charge in [-0.15, -0.1) is 0 Å². The monoisotopic (exact) mass is 294 g/mol. The Labute approximate surface area is 126 Å². The number of rotatable bonds is 3. The van der Waals surface area contributed by atoms with E-state index in [2.05, 4.69) is 21.1 Å². The number of hydrogen-bond donors (Lipinski definition) is 2. The Morgan fingerprint density at radius 1 is 1.23 bits per heavy atom. The van der Waals surface area contributed by atoms with Gasteiger partial charge in [0.2, 0.25) is 0 Å². The Balaban J connectivity index is 1.83. The summed E-state index contributed by atoms with van der Waals surface area (Å²) in [7, 11) is 0. The van der Waals surface area contributed by atoms with Crippen LogP contribution in [-0.4, -0.2) is 23.7 Å². The predicted octanol–water partition coefficient (Wildman–Crippen LogP) is 1.41. The molecule has 0 saturated heterocycles. The topological polar surface area (TPSA) is 82.9 Å². The maximum Gasteiger partial charge on any atom is 0.258 e. The Hall–Kier alpha value is -3.02. The molecule has 0 bridgehead atoms. The van der Waals surface area contributed by atoms with Gasteiger partial charge >= 0.3 is 0 Å². The number of carbonyl (C=O) groups excluding carboxylic acids is 2. The van der Waals surface area contributed by atoms with Crippen molar-refractivity contribution in [3.63, 3.8) is 0 Å². The zero-order valence-corrected chi connectivity index (χ0v) is 11.9. The molecule has 3 rings (SSSR count). The number of hydrazone groups is 2. The van der Waals surface area contributed by atoms with Gasteiger partial charge in [0.25, 0.3) is 11.8 Å². The smallest absolute Gasteiger partial charge is 0.258 e. The fourth-order valence-electron chi connectivity index (χ4n) is 2.31. The van der Waals surface area contributed by atoms with Gasteiger partial charge in [0.15, 0.2) is 5.92 Å². The van der Waals surface area contributed by atoms with Gasteiger partial charge < -0.3 is 0 Å².